The molecule has 0 unspecified atom stereocenters. The smallest absolute Gasteiger partial charge is 0.223 e. The maximum atomic E-state index is 4.34. The molecule has 0 aliphatic rings. The van der Waals surface area contributed by atoms with Gasteiger partial charge < -0.3 is 16.7 Å². The van der Waals surface area contributed by atoms with Gasteiger partial charge in [0.25, 0.3) is 0 Å². The average molecular weight is 366 g/mol. The SMILES string of the molecule is Cc1cccc(Nc2nc[c-]c(Nc3ccncn3)n2)c1.[Y]. The summed E-state index contributed by atoms with van der Waals surface area (Å²) in [5, 5.41) is 6.20. The Kier molecular flexibility index (Phi) is 5.92. The Balaban J connectivity index is 0.00000176. The fourth-order valence-electron chi connectivity index (χ4n) is 1.78. The van der Waals surface area contributed by atoms with Gasteiger partial charge in [0.15, 0.2) is 0 Å². The Morgan fingerprint density at radius 2 is 2.00 bits per heavy atom. The fourth-order valence-corrected chi connectivity index (χ4v) is 1.78. The molecule has 0 aliphatic carbocycles. The van der Waals surface area contributed by atoms with Crippen LogP contribution in [0.5, 0.6) is 0 Å². The van der Waals surface area contributed by atoms with Crippen LogP contribution in [0, 0.1) is 13.0 Å². The number of hydrogen-bond acceptors (Lipinski definition) is 6. The first-order valence-electron chi connectivity index (χ1n) is 6.41. The van der Waals surface area contributed by atoms with Gasteiger partial charge >= 0.3 is 0 Å². The average Bonchev–Trinajstić information content (AvgIpc) is 2.49. The Morgan fingerprint density at radius 1 is 1.09 bits per heavy atom. The molecule has 22 heavy (non-hydrogen) atoms. The van der Waals surface area contributed by atoms with Crippen molar-refractivity contribution < 1.29 is 32.7 Å². The van der Waals surface area contributed by atoms with E-state index in [-0.39, 0.29) is 32.7 Å². The third-order valence-electron chi connectivity index (χ3n) is 2.71. The summed E-state index contributed by atoms with van der Waals surface area (Å²) < 4.78 is 0. The van der Waals surface area contributed by atoms with Crippen LogP contribution in [0.1, 0.15) is 5.56 Å². The van der Waals surface area contributed by atoms with Crippen molar-refractivity contribution in [2.75, 3.05) is 10.6 Å². The van der Waals surface area contributed by atoms with Gasteiger partial charge in [-0.05, 0) is 36.5 Å². The molecule has 0 spiro atoms. The molecule has 0 saturated carbocycles. The molecular weight excluding hydrogens is 353 g/mol. The first-order valence-corrected chi connectivity index (χ1v) is 6.41. The number of benzene rings is 1. The Morgan fingerprint density at radius 3 is 2.77 bits per heavy atom. The van der Waals surface area contributed by atoms with Crippen molar-refractivity contribution in [3.05, 3.63) is 60.7 Å². The summed E-state index contributed by atoms with van der Waals surface area (Å²) in [4.78, 5) is 16.4. The van der Waals surface area contributed by atoms with Crippen molar-refractivity contribution in [2.45, 2.75) is 6.92 Å². The first kappa shape index (κ1) is 16.5. The van der Waals surface area contributed by atoms with Gasteiger partial charge in [-0.15, -0.1) is 6.20 Å². The predicted octanol–water partition coefficient (Wildman–Crippen LogP) is 2.86. The predicted molar refractivity (Wildman–Crippen MR) is 80.6 cm³/mol. The molecule has 3 aromatic rings. The Bertz CT molecular complexity index is 735. The molecule has 2 N–H and O–H groups in total. The van der Waals surface area contributed by atoms with Crippen LogP contribution < -0.4 is 10.6 Å². The normalized spacial score (nSPS) is 9.68. The van der Waals surface area contributed by atoms with Crippen molar-refractivity contribution >= 4 is 23.3 Å². The quantitative estimate of drug-likeness (QED) is 0.692. The van der Waals surface area contributed by atoms with Crippen LogP contribution in [-0.4, -0.2) is 19.9 Å². The maximum absolute atomic E-state index is 4.34. The number of nitrogens with one attached hydrogen (secondary N) is 2. The first-order chi connectivity index (χ1) is 10.3. The van der Waals surface area contributed by atoms with E-state index in [0.717, 1.165) is 5.69 Å². The van der Waals surface area contributed by atoms with E-state index in [9.17, 15) is 0 Å². The van der Waals surface area contributed by atoms with E-state index in [4.69, 9.17) is 0 Å². The molecule has 2 aromatic heterocycles. The monoisotopic (exact) mass is 366 g/mol. The topological polar surface area (TPSA) is 75.6 Å². The molecule has 0 bridgehead atoms. The van der Waals surface area contributed by atoms with Gasteiger partial charge in [-0.2, -0.15) is 0 Å². The number of hydrogen-bond donors (Lipinski definition) is 2. The summed E-state index contributed by atoms with van der Waals surface area (Å²) in [6.45, 7) is 2.03. The molecule has 1 radical (unpaired) electrons. The Labute approximate surface area is 153 Å². The van der Waals surface area contributed by atoms with Gasteiger partial charge in [-0.25, -0.2) is 15.0 Å². The molecule has 0 aliphatic heterocycles. The molecule has 0 amide bonds. The molecule has 0 saturated heterocycles. The van der Waals surface area contributed by atoms with Gasteiger partial charge in [0.2, 0.25) is 5.95 Å². The standard InChI is InChI=1S/C15H13N6.Y/c1-11-3-2-4-12(9-11)19-15-17-8-6-14(21-15)20-13-5-7-16-10-18-13;/h2-5,7-10H,1H3,(H2,16,17,18,19,20,21);/q-1;. The van der Waals surface area contributed by atoms with Crippen LogP contribution in [0.15, 0.2) is 49.1 Å². The summed E-state index contributed by atoms with van der Waals surface area (Å²) in [5.41, 5.74) is 2.11. The Hall–Kier alpha value is -1.92. The molecule has 1 aromatic carbocycles. The number of aromatic nitrogens is 4. The van der Waals surface area contributed by atoms with Crippen molar-refractivity contribution in [1.82, 2.24) is 19.9 Å². The summed E-state index contributed by atoms with van der Waals surface area (Å²) in [5.74, 6) is 1.69. The van der Waals surface area contributed by atoms with E-state index in [2.05, 4.69) is 36.6 Å². The minimum Gasteiger partial charge on any atom is -0.408 e. The van der Waals surface area contributed by atoms with E-state index in [1.54, 1.807) is 18.5 Å². The molecule has 3 rings (SSSR count). The molecule has 6 nitrogen and oxygen atoms in total. The minimum absolute atomic E-state index is 0. The molecule has 7 heteroatoms. The van der Waals surface area contributed by atoms with Crippen LogP contribution in [-0.2, 0) is 32.7 Å². The van der Waals surface area contributed by atoms with Crippen LogP contribution in [0.3, 0.4) is 0 Å². The van der Waals surface area contributed by atoms with Gasteiger partial charge in [-0.1, -0.05) is 12.1 Å². The van der Waals surface area contributed by atoms with Crippen LogP contribution in [0.2, 0.25) is 0 Å². The fraction of sp³-hybridized carbons (Fsp3) is 0.0667. The number of anilines is 4. The summed E-state index contributed by atoms with van der Waals surface area (Å²) in [6, 6.07) is 12.7. The van der Waals surface area contributed by atoms with Crippen molar-refractivity contribution in [3.8, 4) is 0 Å². The number of aryl methyl sites for hydroxylation is 1. The molecule has 107 valence electrons. The van der Waals surface area contributed by atoms with E-state index in [1.807, 2.05) is 31.2 Å². The van der Waals surface area contributed by atoms with Crippen LogP contribution in [0.4, 0.5) is 23.3 Å². The molecule has 0 atom stereocenters. The van der Waals surface area contributed by atoms with Crippen molar-refractivity contribution in [1.29, 1.82) is 0 Å². The minimum atomic E-state index is 0. The number of nitrogens with zero attached hydrogens (tertiary/aromatic N) is 4. The van der Waals surface area contributed by atoms with Crippen LogP contribution in [0.25, 0.3) is 0 Å². The van der Waals surface area contributed by atoms with Crippen molar-refractivity contribution in [2.24, 2.45) is 0 Å². The zero-order valence-corrected chi connectivity index (χ0v) is 14.8. The second-order valence-electron chi connectivity index (χ2n) is 4.40. The third-order valence-corrected chi connectivity index (χ3v) is 2.71. The van der Waals surface area contributed by atoms with E-state index < -0.39 is 0 Å². The van der Waals surface area contributed by atoms with Crippen LogP contribution >= 0.6 is 0 Å². The zero-order chi connectivity index (χ0) is 14.5. The van der Waals surface area contributed by atoms with E-state index in [0.29, 0.717) is 17.6 Å². The van der Waals surface area contributed by atoms with Gasteiger partial charge in [0.1, 0.15) is 12.1 Å². The second-order valence-corrected chi connectivity index (χ2v) is 4.40. The van der Waals surface area contributed by atoms with Gasteiger partial charge in [-0.3, -0.25) is 4.98 Å². The van der Waals surface area contributed by atoms with E-state index >= 15 is 0 Å². The second kappa shape index (κ2) is 7.91. The van der Waals surface area contributed by atoms with Gasteiger partial charge in [0.05, 0.1) is 0 Å². The summed E-state index contributed by atoms with van der Waals surface area (Å²) in [6.07, 6.45) is 4.69. The van der Waals surface area contributed by atoms with E-state index in [1.165, 1.54) is 11.9 Å². The van der Waals surface area contributed by atoms with Crippen molar-refractivity contribution in [3.63, 3.8) is 0 Å². The summed E-state index contributed by atoms with van der Waals surface area (Å²) >= 11 is 0. The molecule has 0 fully saturated rings. The summed E-state index contributed by atoms with van der Waals surface area (Å²) in [7, 11) is 0. The molecular formula is C15H13N6Y-. The molecule has 2 heterocycles. The largest absolute Gasteiger partial charge is 0.408 e. The number of rotatable bonds is 4. The maximum Gasteiger partial charge on any atom is 0.223 e. The van der Waals surface area contributed by atoms with Gasteiger partial charge in [0, 0.05) is 44.6 Å². The third kappa shape index (κ3) is 4.54. The zero-order valence-electron chi connectivity index (χ0n) is 12.0.